The van der Waals surface area contributed by atoms with E-state index in [0.717, 1.165) is 29.5 Å². The van der Waals surface area contributed by atoms with E-state index in [1.54, 1.807) is 29.2 Å². The highest BCUT2D eigenvalue weighted by atomic mass is 35.5. The second kappa shape index (κ2) is 13.5. The molecule has 3 aromatic carbocycles. The first-order valence-electron chi connectivity index (χ1n) is 11.7. The highest BCUT2D eigenvalue weighted by Crippen LogP contribution is 2.25. The SMILES string of the molecule is CCCCNC(=O)[C@@H](Cc1ccccc1)N(Cc1ccc(Cl)c(Cl)c1)C(=O)Cc1cccc(Cl)c1. The third kappa shape index (κ3) is 8.28. The summed E-state index contributed by atoms with van der Waals surface area (Å²) in [6, 6.07) is 21.5. The normalized spacial score (nSPS) is 11.7. The largest absolute Gasteiger partial charge is 0.354 e. The number of benzene rings is 3. The Labute approximate surface area is 222 Å². The number of hydrogen-bond acceptors (Lipinski definition) is 2. The molecular formula is C28H29Cl3N2O2. The first-order chi connectivity index (χ1) is 16.9. The molecule has 0 saturated carbocycles. The molecule has 0 spiro atoms. The first kappa shape index (κ1) is 27.1. The van der Waals surface area contributed by atoms with Gasteiger partial charge in [-0.05, 0) is 47.4 Å². The first-order valence-corrected chi connectivity index (χ1v) is 12.8. The molecule has 0 bridgehead atoms. The fourth-order valence-corrected chi connectivity index (χ4v) is 4.35. The molecule has 0 aromatic heterocycles. The highest BCUT2D eigenvalue weighted by molar-refractivity contribution is 6.42. The monoisotopic (exact) mass is 530 g/mol. The number of unbranched alkanes of at least 4 members (excludes halogenated alkanes) is 1. The predicted molar refractivity (Wildman–Crippen MR) is 144 cm³/mol. The average Bonchev–Trinajstić information content (AvgIpc) is 2.84. The van der Waals surface area contributed by atoms with E-state index in [-0.39, 0.29) is 24.8 Å². The fraction of sp³-hybridized carbons (Fsp3) is 0.286. The van der Waals surface area contributed by atoms with E-state index < -0.39 is 6.04 Å². The lowest BCUT2D eigenvalue weighted by molar-refractivity contribution is -0.140. The topological polar surface area (TPSA) is 49.4 Å². The Bertz CT molecular complexity index is 1140. The third-order valence-corrected chi connectivity index (χ3v) is 6.66. The summed E-state index contributed by atoms with van der Waals surface area (Å²) in [5.41, 5.74) is 2.54. The number of carbonyl (C=O) groups is 2. The van der Waals surface area contributed by atoms with Crippen molar-refractivity contribution in [1.82, 2.24) is 10.2 Å². The molecule has 2 amide bonds. The van der Waals surface area contributed by atoms with Crippen LogP contribution in [0.15, 0.2) is 72.8 Å². The fourth-order valence-electron chi connectivity index (χ4n) is 3.82. The van der Waals surface area contributed by atoms with Crippen LogP contribution in [0.4, 0.5) is 0 Å². The Morgan fingerprint density at radius 2 is 1.60 bits per heavy atom. The molecule has 184 valence electrons. The van der Waals surface area contributed by atoms with Gasteiger partial charge < -0.3 is 10.2 Å². The van der Waals surface area contributed by atoms with Crippen molar-refractivity contribution < 1.29 is 9.59 Å². The van der Waals surface area contributed by atoms with Crippen LogP contribution in [0.1, 0.15) is 36.5 Å². The summed E-state index contributed by atoms with van der Waals surface area (Å²) in [5, 5.41) is 4.41. The number of amides is 2. The minimum atomic E-state index is -0.699. The third-order valence-electron chi connectivity index (χ3n) is 5.68. The molecule has 7 heteroatoms. The molecular weight excluding hydrogens is 503 g/mol. The van der Waals surface area contributed by atoms with E-state index in [2.05, 4.69) is 12.2 Å². The van der Waals surface area contributed by atoms with Gasteiger partial charge in [-0.1, -0.05) is 96.7 Å². The van der Waals surface area contributed by atoms with Crippen LogP contribution in [0, 0.1) is 0 Å². The maximum absolute atomic E-state index is 13.7. The lowest BCUT2D eigenvalue weighted by Gasteiger charge is -2.32. The van der Waals surface area contributed by atoms with Crippen molar-refractivity contribution in [3.05, 3.63) is 105 Å². The number of halogens is 3. The number of rotatable bonds is 11. The summed E-state index contributed by atoms with van der Waals surface area (Å²) in [6.45, 7) is 2.84. The summed E-state index contributed by atoms with van der Waals surface area (Å²) < 4.78 is 0. The van der Waals surface area contributed by atoms with Gasteiger partial charge in [-0.25, -0.2) is 0 Å². The number of hydrogen-bond donors (Lipinski definition) is 1. The second-order valence-corrected chi connectivity index (χ2v) is 9.68. The summed E-state index contributed by atoms with van der Waals surface area (Å²) in [6.07, 6.45) is 2.34. The van der Waals surface area contributed by atoms with Crippen molar-refractivity contribution in [3.8, 4) is 0 Å². The zero-order chi connectivity index (χ0) is 25.2. The Morgan fingerprint density at radius 1 is 0.857 bits per heavy atom. The molecule has 0 aliphatic carbocycles. The minimum Gasteiger partial charge on any atom is -0.354 e. The average molecular weight is 532 g/mol. The summed E-state index contributed by atoms with van der Waals surface area (Å²) >= 11 is 18.5. The van der Waals surface area contributed by atoms with Crippen LogP contribution in [0.5, 0.6) is 0 Å². The van der Waals surface area contributed by atoms with Crippen molar-refractivity contribution in [1.29, 1.82) is 0 Å². The van der Waals surface area contributed by atoms with E-state index in [1.165, 1.54) is 0 Å². The maximum atomic E-state index is 13.7. The molecule has 0 radical (unpaired) electrons. The van der Waals surface area contributed by atoms with Crippen molar-refractivity contribution in [2.75, 3.05) is 6.54 Å². The van der Waals surface area contributed by atoms with E-state index in [4.69, 9.17) is 34.8 Å². The molecule has 1 N–H and O–H groups in total. The van der Waals surface area contributed by atoms with Gasteiger partial charge in [0.05, 0.1) is 16.5 Å². The second-order valence-electron chi connectivity index (χ2n) is 8.43. The molecule has 0 aliphatic rings. The molecule has 3 rings (SSSR count). The van der Waals surface area contributed by atoms with Crippen molar-refractivity contribution in [2.24, 2.45) is 0 Å². The van der Waals surface area contributed by atoms with E-state index in [1.807, 2.05) is 48.5 Å². The van der Waals surface area contributed by atoms with E-state index in [9.17, 15) is 9.59 Å². The molecule has 0 aliphatic heterocycles. The molecule has 4 nitrogen and oxygen atoms in total. The van der Waals surface area contributed by atoms with Gasteiger partial charge in [-0.2, -0.15) is 0 Å². The minimum absolute atomic E-state index is 0.120. The van der Waals surface area contributed by atoms with Gasteiger partial charge >= 0.3 is 0 Å². The van der Waals surface area contributed by atoms with Crippen molar-refractivity contribution in [3.63, 3.8) is 0 Å². The molecule has 3 aromatic rings. The number of carbonyl (C=O) groups excluding carboxylic acids is 2. The van der Waals surface area contributed by atoms with Crippen LogP contribution in [-0.4, -0.2) is 29.3 Å². The predicted octanol–water partition coefficient (Wildman–Crippen LogP) is 6.75. The van der Waals surface area contributed by atoms with Crippen molar-refractivity contribution >= 4 is 46.6 Å². The van der Waals surface area contributed by atoms with Gasteiger partial charge in [0, 0.05) is 24.5 Å². The van der Waals surface area contributed by atoms with Gasteiger partial charge in [-0.3, -0.25) is 9.59 Å². The maximum Gasteiger partial charge on any atom is 0.243 e. The quantitative estimate of drug-likeness (QED) is 0.278. The lowest BCUT2D eigenvalue weighted by atomic mass is 10.0. The molecule has 0 saturated heterocycles. The molecule has 0 fully saturated rings. The lowest BCUT2D eigenvalue weighted by Crippen LogP contribution is -2.51. The zero-order valence-electron chi connectivity index (χ0n) is 19.6. The van der Waals surface area contributed by atoms with Gasteiger partial charge in [-0.15, -0.1) is 0 Å². The van der Waals surface area contributed by atoms with Crippen LogP contribution >= 0.6 is 34.8 Å². The molecule has 35 heavy (non-hydrogen) atoms. The standard InChI is InChI=1S/C28H29Cl3N2O2/c1-2-3-14-32-28(35)26(17-20-8-5-4-6-9-20)33(19-22-12-13-24(30)25(31)16-22)27(34)18-21-10-7-11-23(29)15-21/h4-13,15-16,26H,2-3,14,17-19H2,1H3,(H,32,35)/t26-/m1/s1. The van der Waals surface area contributed by atoms with Gasteiger partial charge in [0.25, 0.3) is 0 Å². The van der Waals surface area contributed by atoms with Crippen LogP contribution < -0.4 is 5.32 Å². The Hall–Kier alpha value is -2.53. The van der Waals surface area contributed by atoms with Crippen molar-refractivity contribution in [2.45, 2.75) is 45.2 Å². The van der Waals surface area contributed by atoms with E-state index in [0.29, 0.717) is 28.0 Å². The van der Waals surface area contributed by atoms with Gasteiger partial charge in [0.2, 0.25) is 11.8 Å². The number of nitrogens with one attached hydrogen (secondary N) is 1. The van der Waals surface area contributed by atoms with Crippen LogP contribution in [0.25, 0.3) is 0 Å². The molecule has 0 heterocycles. The van der Waals surface area contributed by atoms with Gasteiger partial charge in [0.1, 0.15) is 6.04 Å². The molecule has 1 atom stereocenters. The van der Waals surface area contributed by atoms with Crippen LogP contribution in [-0.2, 0) is 29.0 Å². The zero-order valence-corrected chi connectivity index (χ0v) is 21.9. The van der Waals surface area contributed by atoms with Crippen LogP contribution in [0.2, 0.25) is 15.1 Å². The summed E-state index contributed by atoms with van der Waals surface area (Å²) in [7, 11) is 0. The Kier molecular flexibility index (Phi) is 10.5. The Morgan fingerprint density at radius 3 is 2.29 bits per heavy atom. The highest BCUT2D eigenvalue weighted by Gasteiger charge is 2.30. The smallest absolute Gasteiger partial charge is 0.243 e. The van der Waals surface area contributed by atoms with Gasteiger partial charge in [0.15, 0.2) is 0 Å². The summed E-state index contributed by atoms with van der Waals surface area (Å²) in [5.74, 6) is -0.355. The Balaban J connectivity index is 1.96. The van der Waals surface area contributed by atoms with Crippen LogP contribution in [0.3, 0.4) is 0 Å². The van der Waals surface area contributed by atoms with E-state index >= 15 is 0 Å². The number of nitrogens with zero attached hydrogens (tertiary/aromatic N) is 1. The summed E-state index contributed by atoms with van der Waals surface area (Å²) in [4.78, 5) is 28.7. The molecule has 0 unspecified atom stereocenters.